The lowest BCUT2D eigenvalue weighted by atomic mass is 10.1. The number of amides is 1. The van der Waals surface area contributed by atoms with Crippen molar-refractivity contribution < 1.29 is 24.2 Å². The number of carbonyl (C=O) groups excluding carboxylic acids is 1. The number of hydrogen-bond donors (Lipinski definition) is 1. The van der Waals surface area contributed by atoms with E-state index in [1.54, 1.807) is 31.4 Å². The number of thiocarbonyl (C=S) groups is 1. The Kier molecular flexibility index (Phi) is 7.05. The molecule has 1 aliphatic heterocycles. The van der Waals surface area contributed by atoms with Gasteiger partial charge in [-0.05, 0) is 24.6 Å². The number of aliphatic carboxylic acids is 1. The molecule has 140 valence electrons. The zero-order chi connectivity index (χ0) is 19.3. The van der Waals surface area contributed by atoms with Gasteiger partial charge in [-0.3, -0.25) is 9.69 Å². The minimum atomic E-state index is -1.04. The van der Waals surface area contributed by atoms with Gasteiger partial charge in [0.15, 0.2) is 0 Å². The smallest absolute Gasteiger partial charge is 0.326 e. The van der Waals surface area contributed by atoms with Crippen molar-refractivity contribution in [1.82, 2.24) is 4.90 Å². The molecule has 1 unspecified atom stereocenters. The predicted octanol–water partition coefficient (Wildman–Crippen LogP) is 3.55. The van der Waals surface area contributed by atoms with Crippen molar-refractivity contribution in [3.05, 3.63) is 28.7 Å². The molecule has 0 bridgehead atoms. The van der Waals surface area contributed by atoms with Gasteiger partial charge in [-0.2, -0.15) is 0 Å². The Morgan fingerprint density at radius 2 is 2.12 bits per heavy atom. The maximum Gasteiger partial charge on any atom is 0.326 e. The summed E-state index contributed by atoms with van der Waals surface area (Å²) in [5, 5.41) is 9.50. The standard InChI is InChI=1S/C18H21NO5S2/c1-4-5-6-13(17(21)22)19-16(20)15(26-18(19)25)9-11-7-8-12(23-2)10-14(11)24-3/h7-10,13H,4-6H2,1-3H3,(H,21,22). The number of unbranched alkanes of at least 4 members (excludes halogenated alkanes) is 1. The first kappa shape index (κ1) is 20.3. The number of methoxy groups -OCH3 is 2. The van der Waals surface area contributed by atoms with Crippen molar-refractivity contribution in [3.8, 4) is 11.5 Å². The van der Waals surface area contributed by atoms with Gasteiger partial charge in [0.25, 0.3) is 5.91 Å². The van der Waals surface area contributed by atoms with Crippen LogP contribution in [-0.4, -0.2) is 46.5 Å². The SMILES string of the molecule is CCCCC(C(=O)O)N1C(=O)C(=Cc2ccc(OC)cc2OC)SC1=S. The lowest BCUT2D eigenvalue weighted by Gasteiger charge is -2.22. The normalized spacial score (nSPS) is 16.9. The third kappa shape index (κ3) is 4.37. The van der Waals surface area contributed by atoms with Gasteiger partial charge in [0.1, 0.15) is 21.9 Å². The van der Waals surface area contributed by atoms with E-state index in [0.29, 0.717) is 34.8 Å². The van der Waals surface area contributed by atoms with Gasteiger partial charge in [-0.1, -0.05) is 43.7 Å². The Morgan fingerprint density at radius 1 is 1.38 bits per heavy atom. The van der Waals surface area contributed by atoms with Crippen LogP contribution in [0.5, 0.6) is 11.5 Å². The molecule has 1 amide bonds. The fourth-order valence-electron chi connectivity index (χ4n) is 2.59. The molecule has 1 heterocycles. The number of ether oxygens (including phenoxy) is 2. The van der Waals surface area contributed by atoms with Crippen molar-refractivity contribution in [2.24, 2.45) is 0 Å². The van der Waals surface area contributed by atoms with E-state index in [0.717, 1.165) is 18.2 Å². The molecule has 0 spiro atoms. The molecule has 6 nitrogen and oxygen atoms in total. The molecule has 1 N–H and O–H groups in total. The molecule has 0 aromatic heterocycles. The van der Waals surface area contributed by atoms with Crippen LogP contribution in [0.2, 0.25) is 0 Å². The Morgan fingerprint density at radius 3 is 2.69 bits per heavy atom. The van der Waals surface area contributed by atoms with E-state index in [1.165, 1.54) is 12.0 Å². The van der Waals surface area contributed by atoms with Crippen molar-refractivity contribution in [2.45, 2.75) is 32.2 Å². The number of hydrogen-bond acceptors (Lipinski definition) is 6. The van der Waals surface area contributed by atoms with Crippen molar-refractivity contribution >= 4 is 46.3 Å². The monoisotopic (exact) mass is 395 g/mol. The Hall–Kier alpha value is -2.06. The van der Waals surface area contributed by atoms with E-state index >= 15 is 0 Å². The highest BCUT2D eigenvalue weighted by Gasteiger charge is 2.40. The fourth-order valence-corrected chi connectivity index (χ4v) is 3.94. The molecule has 8 heteroatoms. The van der Waals surface area contributed by atoms with Crippen molar-refractivity contribution in [1.29, 1.82) is 0 Å². The van der Waals surface area contributed by atoms with Gasteiger partial charge >= 0.3 is 5.97 Å². The molecule has 2 rings (SSSR count). The van der Waals surface area contributed by atoms with Crippen LogP contribution in [0.25, 0.3) is 6.08 Å². The highest BCUT2D eigenvalue weighted by Crippen LogP contribution is 2.37. The van der Waals surface area contributed by atoms with Gasteiger partial charge in [0, 0.05) is 11.6 Å². The zero-order valence-corrected chi connectivity index (χ0v) is 16.5. The summed E-state index contributed by atoms with van der Waals surface area (Å²) in [5.74, 6) is -0.244. The summed E-state index contributed by atoms with van der Waals surface area (Å²) in [4.78, 5) is 26.0. The van der Waals surface area contributed by atoms with Crippen LogP contribution in [0.15, 0.2) is 23.1 Å². The molecular weight excluding hydrogens is 374 g/mol. The van der Waals surface area contributed by atoms with E-state index in [-0.39, 0.29) is 10.2 Å². The lowest BCUT2D eigenvalue weighted by molar-refractivity contribution is -0.145. The average Bonchev–Trinajstić information content (AvgIpc) is 2.89. The zero-order valence-electron chi connectivity index (χ0n) is 14.9. The minimum absolute atomic E-state index is 0.261. The minimum Gasteiger partial charge on any atom is -0.497 e. The van der Waals surface area contributed by atoms with Crippen LogP contribution in [0.1, 0.15) is 31.7 Å². The molecule has 1 saturated heterocycles. The Labute approximate surface area is 162 Å². The molecule has 1 fully saturated rings. The van der Waals surface area contributed by atoms with E-state index in [1.807, 2.05) is 6.92 Å². The Balaban J connectivity index is 2.33. The van der Waals surface area contributed by atoms with Gasteiger partial charge < -0.3 is 14.6 Å². The summed E-state index contributed by atoms with van der Waals surface area (Å²) >= 11 is 6.37. The van der Waals surface area contributed by atoms with E-state index in [2.05, 4.69) is 0 Å². The van der Waals surface area contributed by atoms with Crippen molar-refractivity contribution in [3.63, 3.8) is 0 Å². The van der Waals surface area contributed by atoms with E-state index in [4.69, 9.17) is 21.7 Å². The number of rotatable bonds is 8. The van der Waals surface area contributed by atoms with Crippen LogP contribution < -0.4 is 9.47 Å². The second-order valence-corrected chi connectivity index (χ2v) is 7.33. The second kappa shape index (κ2) is 9.05. The summed E-state index contributed by atoms with van der Waals surface area (Å²) in [6, 6.07) is 4.31. The van der Waals surface area contributed by atoms with E-state index < -0.39 is 12.0 Å². The number of thioether (sulfide) groups is 1. The quantitative estimate of drug-likeness (QED) is 0.533. The molecule has 1 aromatic carbocycles. The highest BCUT2D eigenvalue weighted by molar-refractivity contribution is 8.26. The summed E-state index contributed by atoms with van der Waals surface area (Å²) < 4.78 is 10.8. The van der Waals surface area contributed by atoms with E-state index in [9.17, 15) is 14.7 Å². The number of nitrogens with zero attached hydrogens (tertiary/aromatic N) is 1. The third-order valence-electron chi connectivity index (χ3n) is 3.98. The Bertz CT molecular complexity index is 747. The highest BCUT2D eigenvalue weighted by atomic mass is 32.2. The van der Waals surface area contributed by atoms with Crippen LogP contribution in [0.3, 0.4) is 0 Å². The number of carboxylic acids is 1. The molecule has 26 heavy (non-hydrogen) atoms. The molecule has 0 aliphatic carbocycles. The van der Waals surface area contributed by atoms with Crippen molar-refractivity contribution in [2.75, 3.05) is 14.2 Å². The average molecular weight is 396 g/mol. The van der Waals surface area contributed by atoms with Crippen LogP contribution in [0, 0.1) is 0 Å². The fraction of sp³-hybridized carbons (Fsp3) is 0.389. The first-order chi connectivity index (χ1) is 12.4. The first-order valence-electron chi connectivity index (χ1n) is 8.14. The van der Waals surface area contributed by atoms with Crippen LogP contribution >= 0.6 is 24.0 Å². The topological polar surface area (TPSA) is 76.1 Å². The molecular formula is C18H21NO5S2. The summed E-state index contributed by atoms with van der Waals surface area (Å²) in [6.45, 7) is 1.97. The molecule has 1 aromatic rings. The number of carbonyl (C=O) groups is 2. The maximum absolute atomic E-state index is 12.8. The van der Waals surface area contributed by atoms with Gasteiger partial charge in [0.2, 0.25) is 0 Å². The van der Waals surface area contributed by atoms with Gasteiger partial charge in [0.05, 0.1) is 19.1 Å². The molecule has 0 radical (unpaired) electrons. The van der Waals surface area contributed by atoms with Crippen LogP contribution in [0.4, 0.5) is 0 Å². The largest absolute Gasteiger partial charge is 0.497 e. The van der Waals surface area contributed by atoms with Crippen LogP contribution in [-0.2, 0) is 9.59 Å². The molecule has 0 saturated carbocycles. The summed E-state index contributed by atoms with van der Waals surface area (Å²) in [6.07, 6.45) is 3.59. The van der Waals surface area contributed by atoms with Gasteiger partial charge in [-0.25, -0.2) is 4.79 Å². The first-order valence-corrected chi connectivity index (χ1v) is 9.37. The third-order valence-corrected chi connectivity index (χ3v) is 5.31. The number of carboxylic acid groups (broad SMARTS) is 1. The lowest BCUT2D eigenvalue weighted by Crippen LogP contribution is -2.43. The molecule has 1 atom stereocenters. The summed E-state index contributed by atoms with van der Waals surface area (Å²) in [7, 11) is 3.09. The second-order valence-electron chi connectivity index (χ2n) is 5.66. The number of benzene rings is 1. The summed E-state index contributed by atoms with van der Waals surface area (Å²) in [5.41, 5.74) is 0.689. The maximum atomic E-state index is 12.8. The predicted molar refractivity (Wildman–Crippen MR) is 106 cm³/mol. The van der Waals surface area contributed by atoms with Gasteiger partial charge in [-0.15, -0.1) is 0 Å². The molecule has 1 aliphatic rings.